The van der Waals surface area contributed by atoms with Gasteiger partial charge in [0.1, 0.15) is 36.6 Å². The van der Waals surface area contributed by atoms with E-state index in [4.69, 9.17) is 9.47 Å². The van der Waals surface area contributed by atoms with Gasteiger partial charge >= 0.3 is 0 Å². The van der Waals surface area contributed by atoms with Crippen molar-refractivity contribution in [3.05, 3.63) is 12.7 Å². The van der Waals surface area contributed by atoms with Crippen molar-refractivity contribution in [3.63, 3.8) is 0 Å². The molecule has 0 aliphatic heterocycles. The predicted octanol–water partition coefficient (Wildman–Crippen LogP) is -1.97. The molecule has 1 fully saturated rings. The van der Waals surface area contributed by atoms with Crippen molar-refractivity contribution in [2.75, 3.05) is 13.7 Å². The molecule has 6 atom stereocenters. The fourth-order valence-corrected chi connectivity index (χ4v) is 1.83. The molecule has 0 amide bonds. The molecule has 0 aromatic heterocycles. The normalized spacial score (nSPS) is 44.3. The number of aliphatic hydroxyl groups excluding tert-OH is 4. The second-order valence-electron chi connectivity index (χ2n) is 3.75. The summed E-state index contributed by atoms with van der Waals surface area (Å²) in [6.07, 6.45) is -5.87. The van der Waals surface area contributed by atoms with Crippen LogP contribution < -0.4 is 0 Å². The lowest BCUT2D eigenvalue weighted by Gasteiger charge is -2.42. The van der Waals surface area contributed by atoms with Crippen molar-refractivity contribution in [3.8, 4) is 0 Å². The molecule has 0 unspecified atom stereocenters. The van der Waals surface area contributed by atoms with Crippen LogP contribution in [-0.4, -0.2) is 70.8 Å². The third-order valence-electron chi connectivity index (χ3n) is 2.73. The lowest BCUT2D eigenvalue weighted by Crippen LogP contribution is -2.64. The molecule has 1 aliphatic rings. The summed E-state index contributed by atoms with van der Waals surface area (Å²) in [5.74, 6) is 0. The summed E-state index contributed by atoms with van der Waals surface area (Å²) in [5, 5.41) is 38.3. The maximum Gasteiger partial charge on any atom is 0.115 e. The van der Waals surface area contributed by atoms with Gasteiger partial charge < -0.3 is 29.9 Å². The van der Waals surface area contributed by atoms with Crippen molar-refractivity contribution < 1.29 is 29.9 Å². The zero-order valence-electron chi connectivity index (χ0n) is 9.06. The van der Waals surface area contributed by atoms with E-state index < -0.39 is 36.6 Å². The maximum absolute atomic E-state index is 9.69. The number of aliphatic hydroxyl groups is 4. The lowest BCUT2D eigenvalue weighted by atomic mass is 9.84. The van der Waals surface area contributed by atoms with E-state index in [-0.39, 0.29) is 6.61 Å². The van der Waals surface area contributed by atoms with Crippen LogP contribution in [0.1, 0.15) is 0 Å². The smallest absolute Gasteiger partial charge is 0.115 e. The first-order chi connectivity index (χ1) is 7.54. The molecule has 1 aliphatic carbocycles. The largest absolute Gasteiger partial charge is 0.387 e. The Morgan fingerprint density at radius 3 is 1.94 bits per heavy atom. The minimum absolute atomic E-state index is 0.150. The summed E-state index contributed by atoms with van der Waals surface area (Å²) in [5.41, 5.74) is 0. The van der Waals surface area contributed by atoms with Gasteiger partial charge in [0.15, 0.2) is 0 Å². The van der Waals surface area contributed by atoms with Crippen LogP contribution in [0.2, 0.25) is 0 Å². The van der Waals surface area contributed by atoms with E-state index in [9.17, 15) is 20.4 Å². The SMILES string of the molecule is C=CCO[C@@H]1[C@@H](O)[C@@H](O)[C@H](O)[C@H](O)[C@H]1OC. The molecule has 16 heavy (non-hydrogen) atoms. The first kappa shape index (κ1) is 13.6. The Bertz CT molecular complexity index is 233. The van der Waals surface area contributed by atoms with Gasteiger partial charge in [0.25, 0.3) is 0 Å². The van der Waals surface area contributed by atoms with E-state index in [2.05, 4.69) is 6.58 Å². The maximum atomic E-state index is 9.69. The molecule has 0 heterocycles. The molecule has 0 saturated heterocycles. The molecule has 0 spiro atoms. The molecule has 0 radical (unpaired) electrons. The predicted molar refractivity (Wildman–Crippen MR) is 54.8 cm³/mol. The summed E-state index contributed by atoms with van der Waals surface area (Å²) >= 11 is 0. The van der Waals surface area contributed by atoms with Gasteiger partial charge in [-0.25, -0.2) is 0 Å². The summed E-state index contributed by atoms with van der Waals surface area (Å²) in [6, 6.07) is 0. The third-order valence-corrected chi connectivity index (χ3v) is 2.73. The highest BCUT2D eigenvalue weighted by molar-refractivity contribution is 5.00. The Morgan fingerprint density at radius 2 is 1.50 bits per heavy atom. The monoisotopic (exact) mass is 234 g/mol. The quantitative estimate of drug-likeness (QED) is 0.421. The van der Waals surface area contributed by atoms with Gasteiger partial charge in [0, 0.05) is 7.11 Å². The van der Waals surface area contributed by atoms with Crippen molar-refractivity contribution >= 4 is 0 Å². The van der Waals surface area contributed by atoms with Gasteiger partial charge in [-0.1, -0.05) is 6.08 Å². The van der Waals surface area contributed by atoms with Crippen molar-refractivity contribution in [2.24, 2.45) is 0 Å². The highest BCUT2D eigenvalue weighted by Crippen LogP contribution is 2.25. The zero-order valence-corrected chi connectivity index (χ0v) is 9.06. The first-order valence-electron chi connectivity index (χ1n) is 5.02. The van der Waals surface area contributed by atoms with Crippen LogP contribution >= 0.6 is 0 Å². The fraction of sp³-hybridized carbons (Fsp3) is 0.800. The van der Waals surface area contributed by atoms with Crippen LogP contribution in [0.4, 0.5) is 0 Å². The van der Waals surface area contributed by atoms with Crippen LogP contribution in [-0.2, 0) is 9.47 Å². The molecule has 4 N–H and O–H groups in total. The van der Waals surface area contributed by atoms with E-state index in [1.165, 1.54) is 13.2 Å². The first-order valence-corrected chi connectivity index (χ1v) is 5.02. The van der Waals surface area contributed by atoms with Gasteiger partial charge in [-0.2, -0.15) is 0 Å². The molecule has 1 rings (SSSR count). The van der Waals surface area contributed by atoms with E-state index in [1.54, 1.807) is 0 Å². The van der Waals surface area contributed by atoms with Crippen LogP contribution in [0.5, 0.6) is 0 Å². The Morgan fingerprint density at radius 1 is 1.00 bits per heavy atom. The Hall–Kier alpha value is -0.500. The minimum atomic E-state index is -1.46. The van der Waals surface area contributed by atoms with Gasteiger partial charge in [0.2, 0.25) is 0 Å². The van der Waals surface area contributed by atoms with Crippen LogP contribution in [0.15, 0.2) is 12.7 Å². The van der Waals surface area contributed by atoms with E-state index >= 15 is 0 Å². The number of rotatable bonds is 4. The second-order valence-corrected chi connectivity index (χ2v) is 3.75. The number of hydrogen-bond acceptors (Lipinski definition) is 6. The van der Waals surface area contributed by atoms with E-state index in [0.29, 0.717) is 0 Å². The summed E-state index contributed by atoms with van der Waals surface area (Å²) < 4.78 is 10.2. The molecule has 6 nitrogen and oxygen atoms in total. The second kappa shape index (κ2) is 5.72. The molecule has 6 heteroatoms. The number of ether oxygens (including phenoxy) is 2. The minimum Gasteiger partial charge on any atom is -0.387 e. The molecule has 0 bridgehead atoms. The molecular formula is C10H18O6. The van der Waals surface area contributed by atoms with Crippen LogP contribution in [0.25, 0.3) is 0 Å². The van der Waals surface area contributed by atoms with E-state index in [0.717, 1.165) is 0 Å². The van der Waals surface area contributed by atoms with Crippen LogP contribution in [0.3, 0.4) is 0 Å². The highest BCUT2D eigenvalue weighted by atomic mass is 16.6. The molecule has 94 valence electrons. The molecule has 0 aromatic carbocycles. The van der Waals surface area contributed by atoms with Gasteiger partial charge in [0.05, 0.1) is 6.61 Å². The van der Waals surface area contributed by atoms with Gasteiger partial charge in [-0.15, -0.1) is 6.58 Å². The van der Waals surface area contributed by atoms with Crippen molar-refractivity contribution in [1.82, 2.24) is 0 Å². The number of hydrogen-bond donors (Lipinski definition) is 4. The van der Waals surface area contributed by atoms with Gasteiger partial charge in [-0.3, -0.25) is 0 Å². The summed E-state index contributed by atoms with van der Waals surface area (Å²) in [7, 11) is 1.33. The zero-order chi connectivity index (χ0) is 12.3. The summed E-state index contributed by atoms with van der Waals surface area (Å²) in [4.78, 5) is 0. The molecule has 1 saturated carbocycles. The standard InChI is InChI=1S/C10H18O6/c1-3-4-16-10-8(14)6(12)5(11)7(13)9(10)15-2/h3,5-14H,1,4H2,2H3/t5-,6-,7-,8-,9+,10+/m0/s1. The van der Waals surface area contributed by atoms with Crippen LogP contribution in [0, 0.1) is 0 Å². The molecular weight excluding hydrogens is 216 g/mol. The highest BCUT2D eigenvalue weighted by Gasteiger charge is 2.49. The Labute approximate surface area is 93.7 Å². The Kier molecular flexibility index (Phi) is 4.85. The van der Waals surface area contributed by atoms with Crippen molar-refractivity contribution in [1.29, 1.82) is 0 Å². The average molecular weight is 234 g/mol. The number of methoxy groups -OCH3 is 1. The van der Waals surface area contributed by atoms with Crippen molar-refractivity contribution in [2.45, 2.75) is 36.6 Å². The molecule has 0 aromatic rings. The van der Waals surface area contributed by atoms with Gasteiger partial charge in [-0.05, 0) is 0 Å². The fourth-order valence-electron chi connectivity index (χ4n) is 1.83. The third kappa shape index (κ3) is 2.42. The lowest BCUT2D eigenvalue weighted by molar-refractivity contribution is -0.239. The Balaban J connectivity index is 2.80. The summed E-state index contributed by atoms with van der Waals surface area (Å²) in [6.45, 7) is 3.60. The topological polar surface area (TPSA) is 99.4 Å². The van der Waals surface area contributed by atoms with E-state index in [1.807, 2.05) is 0 Å². The average Bonchev–Trinajstić information content (AvgIpc) is 2.29.